The van der Waals surface area contributed by atoms with Gasteiger partial charge in [-0.3, -0.25) is 0 Å². The SMILES string of the molecule is CO[C@@]1(C)CCCC[C@@H]1I. The Hall–Kier alpha value is 0.690. The van der Waals surface area contributed by atoms with Gasteiger partial charge in [0.05, 0.1) is 5.60 Å². The van der Waals surface area contributed by atoms with E-state index in [2.05, 4.69) is 29.5 Å². The van der Waals surface area contributed by atoms with Gasteiger partial charge in [-0.15, -0.1) is 0 Å². The number of hydrogen-bond donors (Lipinski definition) is 0. The van der Waals surface area contributed by atoms with Gasteiger partial charge in [-0.25, -0.2) is 0 Å². The van der Waals surface area contributed by atoms with Crippen LogP contribution >= 0.6 is 22.6 Å². The lowest BCUT2D eigenvalue weighted by atomic mass is 9.86. The molecule has 1 aliphatic rings. The molecular weight excluding hydrogens is 239 g/mol. The van der Waals surface area contributed by atoms with Gasteiger partial charge < -0.3 is 4.74 Å². The summed E-state index contributed by atoms with van der Waals surface area (Å²) in [6, 6.07) is 0. The maximum atomic E-state index is 5.48. The van der Waals surface area contributed by atoms with Crippen molar-refractivity contribution in [3.05, 3.63) is 0 Å². The van der Waals surface area contributed by atoms with Crippen molar-refractivity contribution in [2.45, 2.75) is 42.1 Å². The van der Waals surface area contributed by atoms with Gasteiger partial charge in [0.25, 0.3) is 0 Å². The Balaban J connectivity index is 2.54. The third-order valence-electron chi connectivity index (χ3n) is 2.51. The van der Waals surface area contributed by atoms with E-state index in [0.29, 0.717) is 3.92 Å². The number of rotatable bonds is 1. The van der Waals surface area contributed by atoms with Crippen molar-refractivity contribution in [2.24, 2.45) is 0 Å². The van der Waals surface area contributed by atoms with E-state index in [-0.39, 0.29) is 5.60 Å². The predicted molar refractivity (Wildman–Crippen MR) is 51.7 cm³/mol. The van der Waals surface area contributed by atoms with Gasteiger partial charge in [-0.05, 0) is 19.8 Å². The number of ether oxygens (including phenoxy) is 1. The van der Waals surface area contributed by atoms with E-state index in [4.69, 9.17) is 4.74 Å². The van der Waals surface area contributed by atoms with Gasteiger partial charge in [-0.2, -0.15) is 0 Å². The van der Waals surface area contributed by atoms with E-state index in [1.54, 1.807) is 0 Å². The van der Waals surface area contributed by atoms with E-state index in [1.807, 2.05) is 7.11 Å². The van der Waals surface area contributed by atoms with Crippen LogP contribution in [0.15, 0.2) is 0 Å². The van der Waals surface area contributed by atoms with Crippen molar-refractivity contribution in [1.29, 1.82) is 0 Å². The lowest BCUT2D eigenvalue weighted by molar-refractivity contribution is -0.0134. The molecule has 1 fully saturated rings. The van der Waals surface area contributed by atoms with Crippen LogP contribution in [0.1, 0.15) is 32.6 Å². The van der Waals surface area contributed by atoms with Gasteiger partial charge in [0, 0.05) is 11.0 Å². The summed E-state index contributed by atoms with van der Waals surface area (Å²) in [6.45, 7) is 2.23. The molecule has 0 amide bonds. The third kappa shape index (κ3) is 1.64. The number of hydrogen-bond acceptors (Lipinski definition) is 1. The molecule has 0 heterocycles. The Labute approximate surface area is 76.7 Å². The molecule has 0 aromatic rings. The Morgan fingerprint density at radius 2 is 2.20 bits per heavy atom. The summed E-state index contributed by atoms with van der Waals surface area (Å²) >= 11 is 2.51. The average molecular weight is 254 g/mol. The molecule has 2 heteroatoms. The molecule has 0 spiro atoms. The van der Waals surface area contributed by atoms with Gasteiger partial charge in [-0.1, -0.05) is 35.4 Å². The molecule has 1 rings (SSSR count). The summed E-state index contributed by atoms with van der Waals surface area (Å²) < 4.78 is 6.20. The molecule has 0 bridgehead atoms. The Morgan fingerprint density at radius 1 is 1.50 bits per heavy atom. The van der Waals surface area contributed by atoms with E-state index in [9.17, 15) is 0 Å². The summed E-state index contributed by atoms with van der Waals surface area (Å²) in [5, 5.41) is 0. The molecule has 0 N–H and O–H groups in total. The number of methoxy groups -OCH3 is 1. The van der Waals surface area contributed by atoms with Crippen LogP contribution in [0.25, 0.3) is 0 Å². The summed E-state index contributed by atoms with van der Waals surface area (Å²) in [7, 11) is 1.83. The van der Waals surface area contributed by atoms with Gasteiger partial charge in [0.2, 0.25) is 0 Å². The monoisotopic (exact) mass is 254 g/mol. The molecule has 0 aromatic heterocycles. The first-order chi connectivity index (χ1) is 4.69. The standard InChI is InChI=1S/C8H15IO/c1-8(10-2)6-4-3-5-7(8)9/h7H,3-6H2,1-2H3/t7-,8-/m0/s1. The third-order valence-corrected chi connectivity index (χ3v) is 4.45. The van der Waals surface area contributed by atoms with Crippen LogP contribution in [0, 0.1) is 0 Å². The highest BCUT2D eigenvalue weighted by Gasteiger charge is 2.34. The topological polar surface area (TPSA) is 9.23 Å². The minimum Gasteiger partial charge on any atom is -0.377 e. The molecule has 60 valence electrons. The van der Waals surface area contributed by atoms with E-state index < -0.39 is 0 Å². The van der Waals surface area contributed by atoms with Crippen molar-refractivity contribution in [3.8, 4) is 0 Å². The highest BCUT2D eigenvalue weighted by molar-refractivity contribution is 14.1. The predicted octanol–water partition coefficient (Wildman–Crippen LogP) is 2.77. The fourth-order valence-corrected chi connectivity index (χ4v) is 2.50. The van der Waals surface area contributed by atoms with E-state index in [0.717, 1.165) is 0 Å². The van der Waals surface area contributed by atoms with Crippen LogP contribution in [0.4, 0.5) is 0 Å². The van der Waals surface area contributed by atoms with Crippen LogP contribution in [0.5, 0.6) is 0 Å². The highest BCUT2D eigenvalue weighted by atomic mass is 127. The zero-order valence-electron chi connectivity index (χ0n) is 6.69. The van der Waals surface area contributed by atoms with Crippen LogP contribution in [0.2, 0.25) is 0 Å². The molecule has 0 saturated heterocycles. The molecular formula is C8H15IO. The molecule has 10 heavy (non-hydrogen) atoms. The maximum Gasteiger partial charge on any atom is 0.0767 e. The van der Waals surface area contributed by atoms with Crippen LogP contribution < -0.4 is 0 Å². The van der Waals surface area contributed by atoms with Crippen molar-refractivity contribution in [3.63, 3.8) is 0 Å². The van der Waals surface area contributed by atoms with Gasteiger partial charge in [0.1, 0.15) is 0 Å². The lowest BCUT2D eigenvalue weighted by Gasteiger charge is -2.37. The molecule has 1 aliphatic carbocycles. The summed E-state index contributed by atoms with van der Waals surface area (Å²) in [5.41, 5.74) is 0.165. The smallest absolute Gasteiger partial charge is 0.0767 e. The van der Waals surface area contributed by atoms with Crippen LogP contribution in [-0.4, -0.2) is 16.6 Å². The van der Waals surface area contributed by atoms with E-state index in [1.165, 1.54) is 25.7 Å². The Bertz CT molecular complexity index is 116. The van der Waals surface area contributed by atoms with Crippen molar-refractivity contribution < 1.29 is 4.74 Å². The summed E-state index contributed by atoms with van der Waals surface area (Å²) in [4.78, 5) is 0. The van der Waals surface area contributed by atoms with E-state index >= 15 is 0 Å². The average Bonchev–Trinajstić information content (AvgIpc) is 1.96. The first-order valence-electron chi connectivity index (χ1n) is 3.88. The minimum absolute atomic E-state index is 0.165. The normalized spacial score (nSPS) is 41.7. The quantitative estimate of drug-likeness (QED) is 0.516. The molecule has 0 aromatic carbocycles. The van der Waals surface area contributed by atoms with Gasteiger partial charge in [0.15, 0.2) is 0 Å². The second-order valence-corrected chi connectivity index (χ2v) is 4.73. The molecule has 0 aliphatic heterocycles. The zero-order chi connectivity index (χ0) is 7.61. The molecule has 0 radical (unpaired) electrons. The zero-order valence-corrected chi connectivity index (χ0v) is 8.85. The maximum absolute atomic E-state index is 5.48. The molecule has 1 nitrogen and oxygen atoms in total. The van der Waals surface area contributed by atoms with Crippen LogP contribution in [-0.2, 0) is 4.74 Å². The van der Waals surface area contributed by atoms with Gasteiger partial charge >= 0.3 is 0 Å². The largest absolute Gasteiger partial charge is 0.377 e. The Morgan fingerprint density at radius 3 is 2.60 bits per heavy atom. The first-order valence-corrected chi connectivity index (χ1v) is 5.13. The fraction of sp³-hybridized carbons (Fsp3) is 1.00. The van der Waals surface area contributed by atoms with Crippen molar-refractivity contribution in [2.75, 3.05) is 7.11 Å². The molecule has 0 unspecified atom stereocenters. The molecule has 2 atom stereocenters. The second-order valence-electron chi connectivity index (χ2n) is 3.23. The Kier molecular flexibility index (Phi) is 2.98. The second kappa shape index (κ2) is 3.39. The molecule has 1 saturated carbocycles. The number of halogens is 1. The van der Waals surface area contributed by atoms with Crippen molar-refractivity contribution >= 4 is 22.6 Å². The minimum atomic E-state index is 0.165. The first kappa shape index (κ1) is 8.78. The number of alkyl halides is 1. The summed E-state index contributed by atoms with van der Waals surface area (Å²) in [6.07, 6.45) is 5.28. The lowest BCUT2D eigenvalue weighted by Crippen LogP contribution is -2.39. The van der Waals surface area contributed by atoms with Crippen LogP contribution in [0.3, 0.4) is 0 Å². The summed E-state index contributed by atoms with van der Waals surface area (Å²) in [5.74, 6) is 0. The van der Waals surface area contributed by atoms with Crippen molar-refractivity contribution in [1.82, 2.24) is 0 Å². The highest BCUT2D eigenvalue weighted by Crippen LogP contribution is 2.35. The fourth-order valence-electron chi connectivity index (χ4n) is 1.49.